The Hall–Kier alpha value is -1.62. The van der Waals surface area contributed by atoms with E-state index in [1.165, 1.54) is 0 Å². The van der Waals surface area contributed by atoms with Crippen molar-refractivity contribution in [3.63, 3.8) is 0 Å². The number of fused-ring (bicyclic) bond motifs is 1. The van der Waals surface area contributed by atoms with Crippen molar-refractivity contribution in [3.05, 3.63) is 18.5 Å². The third-order valence-corrected chi connectivity index (χ3v) is 3.17. The van der Waals surface area contributed by atoms with Gasteiger partial charge in [0.2, 0.25) is 5.91 Å². The topological polar surface area (TPSA) is 57.3 Å². The minimum absolute atomic E-state index is 0.0607. The van der Waals surface area contributed by atoms with Gasteiger partial charge < -0.3 is 15.5 Å². The van der Waals surface area contributed by atoms with Crippen LogP contribution in [0.3, 0.4) is 0 Å². The fraction of sp³-hybridized carbons (Fsp3) is 0.455. The quantitative estimate of drug-likeness (QED) is 0.707. The van der Waals surface area contributed by atoms with Crippen molar-refractivity contribution >= 4 is 17.3 Å². The molecule has 0 radical (unpaired) electrons. The van der Waals surface area contributed by atoms with Gasteiger partial charge >= 0.3 is 0 Å². The molecule has 5 heteroatoms. The van der Waals surface area contributed by atoms with Crippen LogP contribution in [0.5, 0.6) is 0 Å². The largest absolute Gasteiger partial charge is 0.355 e. The molecule has 16 heavy (non-hydrogen) atoms. The third-order valence-electron chi connectivity index (χ3n) is 3.17. The van der Waals surface area contributed by atoms with E-state index in [0.29, 0.717) is 12.6 Å². The van der Waals surface area contributed by atoms with E-state index < -0.39 is 0 Å². The lowest BCUT2D eigenvalue weighted by molar-refractivity contribution is -0.115. The van der Waals surface area contributed by atoms with E-state index in [-0.39, 0.29) is 5.91 Å². The van der Waals surface area contributed by atoms with Crippen molar-refractivity contribution in [2.24, 2.45) is 0 Å². The Kier molecular flexibility index (Phi) is 2.25. The molecule has 1 amide bonds. The highest BCUT2D eigenvalue weighted by Gasteiger charge is 2.29. The highest BCUT2D eigenvalue weighted by atomic mass is 16.2. The van der Waals surface area contributed by atoms with Crippen LogP contribution in [-0.4, -0.2) is 36.6 Å². The van der Waals surface area contributed by atoms with Gasteiger partial charge in [-0.25, -0.2) is 0 Å². The number of anilines is 2. The molecule has 1 saturated heterocycles. The molecule has 2 aliphatic rings. The van der Waals surface area contributed by atoms with Gasteiger partial charge in [0.1, 0.15) is 0 Å². The Bertz CT molecular complexity index is 414. The van der Waals surface area contributed by atoms with Crippen LogP contribution in [0, 0.1) is 0 Å². The van der Waals surface area contributed by atoms with Crippen LogP contribution in [0.25, 0.3) is 0 Å². The first-order valence-corrected chi connectivity index (χ1v) is 5.56. The number of nitrogens with zero attached hydrogens (tertiary/aromatic N) is 2. The molecule has 1 atom stereocenters. The van der Waals surface area contributed by atoms with E-state index in [1.54, 1.807) is 6.20 Å². The minimum Gasteiger partial charge on any atom is -0.355 e. The maximum absolute atomic E-state index is 11.6. The summed E-state index contributed by atoms with van der Waals surface area (Å²) in [6, 6.07) is 2.26. The zero-order valence-corrected chi connectivity index (χ0v) is 8.94. The maximum atomic E-state index is 11.6. The maximum Gasteiger partial charge on any atom is 0.243 e. The van der Waals surface area contributed by atoms with Gasteiger partial charge in [-0.15, -0.1) is 0 Å². The highest BCUT2D eigenvalue weighted by Crippen LogP contribution is 2.30. The molecule has 1 aromatic rings. The average Bonchev–Trinajstić information content (AvgIpc) is 2.81. The van der Waals surface area contributed by atoms with Gasteiger partial charge in [0.15, 0.2) is 0 Å². The molecule has 0 bridgehead atoms. The molecule has 2 N–H and O–H groups in total. The zero-order valence-electron chi connectivity index (χ0n) is 8.94. The lowest BCUT2D eigenvalue weighted by atomic mass is 10.1. The summed E-state index contributed by atoms with van der Waals surface area (Å²) >= 11 is 0. The van der Waals surface area contributed by atoms with Crippen LogP contribution in [0.2, 0.25) is 0 Å². The van der Waals surface area contributed by atoms with Gasteiger partial charge in [-0.2, -0.15) is 0 Å². The Morgan fingerprint density at radius 2 is 2.44 bits per heavy atom. The first kappa shape index (κ1) is 9.59. The van der Waals surface area contributed by atoms with Crippen molar-refractivity contribution in [2.45, 2.75) is 12.5 Å². The summed E-state index contributed by atoms with van der Waals surface area (Å²) in [6.45, 7) is 2.41. The van der Waals surface area contributed by atoms with Crippen LogP contribution < -0.4 is 15.5 Å². The smallest absolute Gasteiger partial charge is 0.243 e. The Balaban J connectivity index is 1.96. The molecule has 1 unspecified atom stereocenters. The van der Waals surface area contributed by atoms with E-state index in [1.807, 2.05) is 12.3 Å². The monoisotopic (exact) mass is 218 g/mol. The molecule has 0 aromatic carbocycles. The van der Waals surface area contributed by atoms with E-state index in [4.69, 9.17) is 0 Å². The summed E-state index contributed by atoms with van der Waals surface area (Å²) < 4.78 is 0. The Labute approximate surface area is 93.9 Å². The van der Waals surface area contributed by atoms with Crippen molar-refractivity contribution in [1.29, 1.82) is 0 Å². The van der Waals surface area contributed by atoms with Crippen molar-refractivity contribution in [2.75, 3.05) is 29.9 Å². The molecule has 1 aromatic heterocycles. The van der Waals surface area contributed by atoms with E-state index in [0.717, 1.165) is 30.9 Å². The summed E-state index contributed by atoms with van der Waals surface area (Å²) in [6.07, 6.45) is 4.62. The molecule has 0 saturated carbocycles. The summed E-state index contributed by atoms with van der Waals surface area (Å²) in [5.41, 5.74) is 1.91. The van der Waals surface area contributed by atoms with Gasteiger partial charge in [0.05, 0.1) is 24.1 Å². The molecular formula is C11H14N4O. The van der Waals surface area contributed by atoms with Crippen molar-refractivity contribution < 1.29 is 4.79 Å². The number of hydrogen-bond acceptors (Lipinski definition) is 4. The zero-order chi connectivity index (χ0) is 11.0. The Morgan fingerprint density at radius 3 is 3.25 bits per heavy atom. The predicted octanol–water partition coefficient (Wildman–Crippen LogP) is 0.202. The van der Waals surface area contributed by atoms with E-state index >= 15 is 0 Å². The second-order valence-electron chi connectivity index (χ2n) is 4.22. The first-order chi connectivity index (χ1) is 7.84. The first-order valence-electron chi connectivity index (χ1n) is 5.56. The van der Waals surface area contributed by atoms with Gasteiger partial charge in [0.25, 0.3) is 0 Å². The number of carbonyl (C=O) groups is 1. The molecule has 0 spiro atoms. The summed E-state index contributed by atoms with van der Waals surface area (Å²) in [5.74, 6) is 0.0607. The lowest BCUT2D eigenvalue weighted by Crippen LogP contribution is -2.45. The number of carbonyl (C=O) groups excluding carboxylic acids is 1. The SMILES string of the molecule is O=C1CN(C2CCNC2)c2cnccc2N1. The fourth-order valence-electron chi connectivity index (χ4n) is 2.38. The predicted molar refractivity (Wildman–Crippen MR) is 61.5 cm³/mol. The third kappa shape index (κ3) is 1.53. The Morgan fingerprint density at radius 1 is 1.50 bits per heavy atom. The highest BCUT2D eigenvalue weighted by molar-refractivity contribution is 6.01. The number of nitrogens with one attached hydrogen (secondary N) is 2. The van der Waals surface area contributed by atoms with Gasteiger partial charge in [-0.05, 0) is 19.0 Å². The standard InChI is InChI=1S/C11H14N4O/c16-11-7-15(8-1-3-12-5-8)10-6-13-4-2-9(10)14-11/h2,4,6,8,12H,1,3,5,7H2,(H,14,16). The minimum atomic E-state index is 0.0607. The molecule has 3 heterocycles. The number of hydrogen-bond donors (Lipinski definition) is 2. The molecule has 0 aliphatic carbocycles. The van der Waals surface area contributed by atoms with Crippen LogP contribution in [-0.2, 0) is 4.79 Å². The number of rotatable bonds is 1. The van der Waals surface area contributed by atoms with Gasteiger partial charge in [-0.1, -0.05) is 0 Å². The fourth-order valence-corrected chi connectivity index (χ4v) is 2.38. The van der Waals surface area contributed by atoms with E-state index in [9.17, 15) is 4.79 Å². The molecular weight excluding hydrogens is 204 g/mol. The van der Waals surface area contributed by atoms with Gasteiger partial charge in [0, 0.05) is 18.8 Å². The molecule has 1 fully saturated rings. The average molecular weight is 218 g/mol. The number of pyridine rings is 1. The van der Waals surface area contributed by atoms with Crippen molar-refractivity contribution in [1.82, 2.24) is 10.3 Å². The van der Waals surface area contributed by atoms with Crippen LogP contribution in [0.4, 0.5) is 11.4 Å². The van der Waals surface area contributed by atoms with Crippen LogP contribution >= 0.6 is 0 Å². The summed E-state index contributed by atoms with van der Waals surface area (Å²) in [5, 5.41) is 6.19. The van der Waals surface area contributed by atoms with Crippen LogP contribution in [0.1, 0.15) is 6.42 Å². The molecule has 3 rings (SSSR count). The number of amides is 1. The summed E-state index contributed by atoms with van der Waals surface area (Å²) in [7, 11) is 0. The molecule has 2 aliphatic heterocycles. The second kappa shape index (κ2) is 3.75. The normalized spacial score (nSPS) is 24.1. The van der Waals surface area contributed by atoms with Crippen LogP contribution in [0.15, 0.2) is 18.5 Å². The van der Waals surface area contributed by atoms with Crippen molar-refractivity contribution in [3.8, 4) is 0 Å². The molecule has 84 valence electrons. The summed E-state index contributed by atoms with van der Waals surface area (Å²) in [4.78, 5) is 17.9. The molecule has 5 nitrogen and oxygen atoms in total. The number of aromatic nitrogens is 1. The van der Waals surface area contributed by atoms with Gasteiger partial charge in [-0.3, -0.25) is 9.78 Å². The lowest BCUT2D eigenvalue weighted by Gasteiger charge is -2.34. The second-order valence-corrected chi connectivity index (χ2v) is 4.22. The van der Waals surface area contributed by atoms with E-state index in [2.05, 4.69) is 20.5 Å².